The molecule has 1 N–H and O–H groups in total. The van der Waals surface area contributed by atoms with Crippen LogP contribution in [0.25, 0.3) is 0 Å². The summed E-state index contributed by atoms with van der Waals surface area (Å²) >= 11 is 0. The number of hydrogen-bond acceptors (Lipinski definition) is 4. The van der Waals surface area contributed by atoms with Gasteiger partial charge in [0.1, 0.15) is 5.75 Å². The Morgan fingerprint density at radius 2 is 2.32 bits per heavy atom. The largest absolute Gasteiger partial charge is 0.482 e. The fourth-order valence-electron chi connectivity index (χ4n) is 2.78. The standard InChI is InChI=1S/C16H20N2O4/c1-2-18(8-11-5-6-21-9-11)16(20)12-3-4-13-14(7-12)22-10-15(19)17-13/h3-4,7,11H,2,5-6,8-10H2,1H3,(H,17,19). The quantitative estimate of drug-likeness (QED) is 0.915. The lowest BCUT2D eigenvalue weighted by atomic mass is 10.1. The van der Waals surface area contributed by atoms with Crippen molar-refractivity contribution in [1.82, 2.24) is 4.90 Å². The van der Waals surface area contributed by atoms with E-state index in [2.05, 4.69) is 5.32 Å². The molecule has 2 heterocycles. The van der Waals surface area contributed by atoms with Crippen molar-refractivity contribution in [3.8, 4) is 5.75 Å². The lowest BCUT2D eigenvalue weighted by molar-refractivity contribution is -0.118. The second-order valence-electron chi connectivity index (χ2n) is 5.62. The second kappa shape index (κ2) is 6.36. The highest BCUT2D eigenvalue weighted by Crippen LogP contribution is 2.29. The molecule has 22 heavy (non-hydrogen) atoms. The number of nitrogens with one attached hydrogen (secondary N) is 1. The Morgan fingerprint density at radius 3 is 3.05 bits per heavy atom. The smallest absolute Gasteiger partial charge is 0.262 e. The molecule has 3 rings (SSSR count). The van der Waals surface area contributed by atoms with Crippen LogP contribution in [0.5, 0.6) is 5.75 Å². The topological polar surface area (TPSA) is 67.9 Å². The van der Waals surface area contributed by atoms with E-state index in [0.29, 0.717) is 36.0 Å². The summed E-state index contributed by atoms with van der Waals surface area (Å²) < 4.78 is 10.7. The second-order valence-corrected chi connectivity index (χ2v) is 5.62. The number of ether oxygens (including phenoxy) is 2. The number of carbonyl (C=O) groups excluding carboxylic acids is 2. The summed E-state index contributed by atoms with van der Waals surface area (Å²) in [6, 6.07) is 5.14. The molecular weight excluding hydrogens is 284 g/mol. The van der Waals surface area contributed by atoms with Gasteiger partial charge in [0, 0.05) is 31.2 Å². The maximum atomic E-state index is 12.7. The first-order valence-corrected chi connectivity index (χ1v) is 7.61. The van der Waals surface area contributed by atoms with Gasteiger partial charge in [0.15, 0.2) is 6.61 Å². The Morgan fingerprint density at radius 1 is 1.45 bits per heavy atom. The molecule has 2 amide bonds. The molecule has 2 aliphatic heterocycles. The minimum Gasteiger partial charge on any atom is -0.482 e. The molecule has 1 fully saturated rings. The van der Waals surface area contributed by atoms with E-state index in [-0.39, 0.29) is 18.4 Å². The van der Waals surface area contributed by atoms with Crippen LogP contribution in [0.3, 0.4) is 0 Å². The van der Waals surface area contributed by atoms with Gasteiger partial charge in [-0.1, -0.05) is 0 Å². The van der Waals surface area contributed by atoms with E-state index in [1.165, 1.54) is 0 Å². The van der Waals surface area contributed by atoms with Gasteiger partial charge in [0.2, 0.25) is 0 Å². The third kappa shape index (κ3) is 3.06. The van der Waals surface area contributed by atoms with Crippen LogP contribution in [0.15, 0.2) is 18.2 Å². The predicted octanol–water partition coefficient (Wildman–Crippen LogP) is 1.52. The zero-order chi connectivity index (χ0) is 15.5. The molecule has 1 saturated heterocycles. The monoisotopic (exact) mass is 304 g/mol. The molecule has 0 saturated carbocycles. The molecular formula is C16H20N2O4. The van der Waals surface area contributed by atoms with E-state index in [0.717, 1.165) is 19.6 Å². The summed E-state index contributed by atoms with van der Waals surface area (Å²) in [6.07, 6.45) is 1.00. The maximum absolute atomic E-state index is 12.7. The summed E-state index contributed by atoms with van der Waals surface area (Å²) in [7, 11) is 0. The van der Waals surface area contributed by atoms with Gasteiger partial charge in [0.05, 0.1) is 12.3 Å². The average molecular weight is 304 g/mol. The number of fused-ring (bicyclic) bond motifs is 1. The van der Waals surface area contributed by atoms with Crippen molar-refractivity contribution in [2.75, 3.05) is 38.2 Å². The van der Waals surface area contributed by atoms with E-state index < -0.39 is 0 Å². The SMILES string of the molecule is CCN(CC1CCOC1)C(=O)c1ccc2c(c1)OCC(=O)N2. The lowest BCUT2D eigenvalue weighted by Gasteiger charge is -2.25. The van der Waals surface area contributed by atoms with Crippen molar-refractivity contribution in [3.05, 3.63) is 23.8 Å². The lowest BCUT2D eigenvalue weighted by Crippen LogP contribution is -2.35. The summed E-state index contributed by atoms with van der Waals surface area (Å²) in [5, 5.41) is 2.72. The molecule has 6 nitrogen and oxygen atoms in total. The van der Waals surface area contributed by atoms with Crippen molar-refractivity contribution < 1.29 is 19.1 Å². The Balaban J connectivity index is 1.74. The fraction of sp³-hybridized carbons (Fsp3) is 0.500. The summed E-state index contributed by atoms with van der Waals surface area (Å²) in [4.78, 5) is 25.8. The Hall–Kier alpha value is -2.08. The Kier molecular flexibility index (Phi) is 4.29. The number of amides is 2. The maximum Gasteiger partial charge on any atom is 0.262 e. The van der Waals surface area contributed by atoms with Crippen LogP contribution in [0.1, 0.15) is 23.7 Å². The first kappa shape index (κ1) is 14.8. The zero-order valence-corrected chi connectivity index (χ0v) is 12.6. The van der Waals surface area contributed by atoms with E-state index in [4.69, 9.17) is 9.47 Å². The zero-order valence-electron chi connectivity index (χ0n) is 12.6. The number of benzene rings is 1. The number of rotatable bonds is 4. The molecule has 118 valence electrons. The highest BCUT2D eigenvalue weighted by molar-refractivity contribution is 5.99. The van der Waals surface area contributed by atoms with Gasteiger partial charge in [-0.25, -0.2) is 0 Å². The predicted molar refractivity (Wildman–Crippen MR) is 81.1 cm³/mol. The molecule has 0 spiro atoms. The van der Waals surface area contributed by atoms with Crippen molar-refractivity contribution in [3.63, 3.8) is 0 Å². The molecule has 2 aliphatic rings. The summed E-state index contributed by atoms with van der Waals surface area (Å²) in [5.74, 6) is 0.767. The van der Waals surface area contributed by atoms with Crippen LogP contribution < -0.4 is 10.1 Å². The van der Waals surface area contributed by atoms with Crippen LogP contribution >= 0.6 is 0 Å². The highest BCUT2D eigenvalue weighted by atomic mass is 16.5. The van der Waals surface area contributed by atoms with Crippen LogP contribution in [0.2, 0.25) is 0 Å². The van der Waals surface area contributed by atoms with Gasteiger partial charge >= 0.3 is 0 Å². The van der Waals surface area contributed by atoms with Gasteiger partial charge in [-0.2, -0.15) is 0 Å². The van der Waals surface area contributed by atoms with E-state index in [1.54, 1.807) is 18.2 Å². The molecule has 0 radical (unpaired) electrons. The van der Waals surface area contributed by atoms with E-state index in [1.807, 2.05) is 11.8 Å². The number of nitrogens with zero attached hydrogens (tertiary/aromatic N) is 1. The minimum atomic E-state index is -0.178. The van der Waals surface area contributed by atoms with Gasteiger partial charge in [-0.15, -0.1) is 0 Å². The van der Waals surface area contributed by atoms with Gasteiger partial charge in [-0.3, -0.25) is 9.59 Å². The third-order valence-corrected chi connectivity index (χ3v) is 4.03. The number of hydrogen-bond donors (Lipinski definition) is 1. The first-order valence-electron chi connectivity index (χ1n) is 7.61. The van der Waals surface area contributed by atoms with Crippen molar-refractivity contribution in [2.45, 2.75) is 13.3 Å². The third-order valence-electron chi connectivity index (χ3n) is 4.03. The van der Waals surface area contributed by atoms with Crippen LogP contribution in [-0.2, 0) is 9.53 Å². The van der Waals surface area contributed by atoms with Crippen LogP contribution in [0, 0.1) is 5.92 Å². The molecule has 0 aromatic heterocycles. The van der Waals surface area contributed by atoms with Crippen molar-refractivity contribution in [2.24, 2.45) is 5.92 Å². The van der Waals surface area contributed by atoms with Crippen molar-refractivity contribution in [1.29, 1.82) is 0 Å². The summed E-state index contributed by atoms with van der Waals surface area (Å²) in [5.41, 5.74) is 1.19. The molecule has 6 heteroatoms. The number of carbonyl (C=O) groups is 2. The first-order chi connectivity index (χ1) is 10.7. The van der Waals surface area contributed by atoms with Crippen molar-refractivity contribution >= 4 is 17.5 Å². The normalized spacial score (nSPS) is 20.0. The molecule has 1 aromatic rings. The Bertz CT molecular complexity index is 582. The molecule has 0 aliphatic carbocycles. The summed E-state index contributed by atoms with van der Waals surface area (Å²) in [6.45, 7) is 4.84. The molecule has 0 bridgehead atoms. The van der Waals surface area contributed by atoms with E-state index >= 15 is 0 Å². The average Bonchev–Trinajstić information content (AvgIpc) is 3.04. The molecule has 1 unspecified atom stereocenters. The minimum absolute atomic E-state index is 0.0124. The fourth-order valence-corrected chi connectivity index (χ4v) is 2.78. The highest BCUT2D eigenvalue weighted by Gasteiger charge is 2.24. The van der Waals surface area contributed by atoms with Crippen LogP contribution in [0.4, 0.5) is 5.69 Å². The van der Waals surface area contributed by atoms with Gasteiger partial charge in [-0.05, 0) is 31.5 Å². The molecule has 1 aromatic carbocycles. The van der Waals surface area contributed by atoms with E-state index in [9.17, 15) is 9.59 Å². The van der Waals surface area contributed by atoms with Crippen LogP contribution in [-0.4, -0.2) is 49.6 Å². The Labute approximate surface area is 129 Å². The van der Waals surface area contributed by atoms with Gasteiger partial charge in [0.25, 0.3) is 11.8 Å². The van der Waals surface area contributed by atoms with Gasteiger partial charge < -0.3 is 19.7 Å². The molecule has 1 atom stereocenters. The number of anilines is 1.